The normalized spacial score (nSPS) is 30.3. The molecule has 0 amide bonds. The lowest BCUT2D eigenvalue weighted by molar-refractivity contribution is 0.294. The summed E-state index contributed by atoms with van der Waals surface area (Å²) < 4.78 is 1.08. The molecule has 0 saturated heterocycles. The Kier molecular flexibility index (Phi) is 4.42. The molecule has 0 spiro atoms. The van der Waals surface area contributed by atoms with Crippen LogP contribution < -0.4 is 0 Å². The van der Waals surface area contributed by atoms with E-state index in [2.05, 4.69) is 49.8 Å². The minimum atomic E-state index is 0.683. The average molecular weight is 347 g/mol. The molecule has 1 aromatic rings. The zero-order valence-electron chi connectivity index (χ0n) is 9.50. The van der Waals surface area contributed by atoms with E-state index in [1.165, 1.54) is 24.8 Å². The van der Waals surface area contributed by atoms with Gasteiger partial charge in [0, 0.05) is 21.7 Å². The zero-order chi connectivity index (χ0) is 11.5. The number of nitrogens with zero attached hydrogens (tertiary/aromatic N) is 1. The lowest BCUT2D eigenvalue weighted by atomic mass is 9.79. The van der Waals surface area contributed by atoms with E-state index in [0.717, 1.165) is 22.7 Å². The molecular formula is C13H17Br2N. The maximum Gasteiger partial charge on any atom is 0.0410 e. The van der Waals surface area contributed by atoms with Crippen LogP contribution >= 0.6 is 31.9 Å². The summed E-state index contributed by atoms with van der Waals surface area (Å²) in [6.07, 6.45) is 8.99. The van der Waals surface area contributed by atoms with Gasteiger partial charge in [0.2, 0.25) is 0 Å². The monoisotopic (exact) mass is 345 g/mol. The van der Waals surface area contributed by atoms with Gasteiger partial charge in [0.25, 0.3) is 0 Å². The van der Waals surface area contributed by atoms with Crippen LogP contribution in [0.4, 0.5) is 0 Å². The number of hydrogen-bond donors (Lipinski definition) is 0. The molecule has 2 rings (SSSR count). The molecule has 0 aliphatic heterocycles. The fourth-order valence-corrected chi connectivity index (χ4v) is 3.62. The molecule has 0 N–H and O–H groups in total. The summed E-state index contributed by atoms with van der Waals surface area (Å²) in [4.78, 5) is 4.91. The molecule has 88 valence electrons. The van der Waals surface area contributed by atoms with Crippen LogP contribution in [-0.4, -0.2) is 9.81 Å². The molecule has 0 aromatic carbocycles. The van der Waals surface area contributed by atoms with Gasteiger partial charge in [-0.25, -0.2) is 0 Å². The first-order chi connectivity index (χ1) is 7.65. The molecule has 3 unspecified atom stereocenters. The van der Waals surface area contributed by atoms with Gasteiger partial charge < -0.3 is 0 Å². The third-order valence-corrected chi connectivity index (χ3v) is 5.05. The number of rotatable bonds is 2. The van der Waals surface area contributed by atoms with Gasteiger partial charge in [-0.2, -0.15) is 0 Å². The van der Waals surface area contributed by atoms with E-state index in [9.17, 15) is 0 Å². The van der Waals surface area contributed by atoms with Gasteiger partial charge in [-0.05, 0) is 65.1 Å². The van der Waals surface area contributed by atoms with Crippen LogP contribution in [0.15, 0.2) is 22.9 Å². The molecule has 1 aliphatic rings. The Bertz CT molecular complexity index is 354. The highest BCUT2D eigenvalue weighted by atomic mass is 79.9. The zero-order valence-corrected chi connectivity index (χ0v) is 12.7. The van der Waals surface area contributed by atoms with Gasteiger partial charge >= 0.3 is 0 Å². The summed E-state index contributed by atoms with van der Waals surface area (Å²) in [6, 6.07) is 2.19. The second-order valence-electron chi connectivity index (χ2n) is 4.91. The molecule has 1 aromatic heterocycles. The van der Waals surface area contributed by atoms with Crippen molar-refractivity contribution in [1.29, 1.82) is 0 Å². The van der Waals surface area contributed by atoms with Crippen molar-refractivity contribution in [3.8, 4) is 0 Å². The molecule has 1 fully saturated rings. The number of aromatic nitrogens is 1. The van der Waals surface area contributed by atoms with Crippen molar-refractivity contribution in [1.82, 2.24) is 4.98 Å². The Morgan fingerprint density at radius 1 is 1.38 bits per heavy atom. The SMILES string of the molecule is CC1CCC(Br)C(Cc2cncc(Br)c2)C1. The predicted molar refractivity (Wildman–Crippen MR) is 74.9 cm³/mol. The summed E-state index contributed by atoms with van der Waals surface area (Å²) in [5.74, 6) is 1.64. The maximum atomic E-state index is 4.23. The second-order valence-corrected chi connectivity index (χ2v) is 7.00. The topological polar surface area (TPSA) is 12.9 Å². The summed E-state index contributed by atoms with van der Waals surface area (Å²) in [5, 5.41) is 0. The van der Waals surface area contributed by atoms with Gasteiger partial charge in [-0.3, -0.25) is 4.98 Å². The first-order valence-corrected chi connectivity index (χ1v) is 7.59. The predicted octanol–water partition coefficient (Wildman–Crippen LogP) is 4.59. The molecule has 0 radical (unpaired) electrons. The highest BCUT2D eigenvalue weighted by Gasteiger charge is 2.26. The molecule has 1 nitrogen and oxygen atoms in total. The Balaban J connectivity index is 2.02. The highest BCUT2D eigenvalue weighted by molar-refractivity contribution is 9.10. The van der Waals surface area contributed by atoms with E-state index in [1.807, 2.05) is 12.4 Å². The fraction of sp³-hybridized carbons (Fsp3) is 0.615. The third kappa shape index (κ3) is 3.30. The van der Waals surface area contributed by atoms with Crippen molar-refractivity contribution in [2.45, 2.75) is 37.4 Å². The Labute approximate surface area is 114 Å². The van der Waals surface area contributed by atoms with Gasteiger partial charge in [-0.1, -0.05) is 22.9 Å². The average Bonchev–Trinajstić information content (AvgIpc) is 2.24. The second kappa shape index (κ2) is 5.63. The largest absolute Gasteiger partial charge is 0.263 e. The van der Waals surface area contributed by atoms with E-state index in [-0.39, 0.29) is 0 Å². The summed E-state index contributed by atoms with van der Waals surface area (Å²) in [6.45, 7) is 2.37. The third-order valence-electron chi connectivity index (χ3n) is 3.41. The molecule has 0 bridgehead atoms. The van der Waals surface area contributed by atoms with Gasteiger partial charge in [0.15, 0.2) is 0 Å². The van der Waals surface area contributed by atoms with E-state index in [1.54, 1.807) is 0 Å². The van der Waals surface area contributed by atoms with Crippen molar-refractivity contribution in [2.75, 3.05) is 0 Å². The molecular weight excluding hydrogens is 330 g/mol. The molecule has 3 atom stereocenters. The van der Waals surface area contributed by atoms with Crippen molar-refractivity contribution >= 4 is 31.9 Å². The first kappa shape index (κ1) is 12.6. The van der Waals surface area contributed by atoms with Crippen molar-refractivity contribution in [3.63, 3.8) is 0 Å². The molecule has 3 heteroatoms. The summed E-state index contributed by atoms with van der Waals surface area (Å²) >= 11 is 7.31. The Morgan fingerprint density at radius 3 is 2.94 bits per heavy atom. The number of halogens is 2. The lowest BCUT2D eigenvalue weighted by Gasteiger charge is -2.31. The van der Waals surface area contributed by atoms with Crippen molar-refractivity contribution in [2.24, 2.45) is 11.8 Å². The van der Waals surface area contributed by atoms with E-state index >= 15 is 0 Å². The van der Waals surface area contributed by atoms with Crippen molar-refractivity contribution < 1.29 is 0 Å². The standard InChI is InChI=1S/C13H17Br2N/c1-9-2-3-13(15)11(4-9)5-10-6-12(14)8-16-7-10/h6-9,11,13H,2-5H2,1H3. The Hall–Kier alpha value is 0.110. The smallest absolute Gasteiger partial charge is 0.0410 e. The summed E-state index contributed by atoms with van der Waals surface area (Å²) in [5.41, 5.74) is 1.35. The first-order valence-electron chi connectivity index (χ1n) is 5.88. The van der Waals surface area contributed by atoms with E-state index in [4.69, 9.17) is 0 Å². The van der Waals surface area contributed by atoms with Crippen molar-refractivity contribution in [3.05, 3.63) is 28.5 Å². The quantitative estimate of drug-likeness (QED) is 0.714. The van der Waals surface area contributed by atoms with Crippen LogP contribution in [0.1, 0.15) is 31.7 Å². The number of hydrogen-bond acceptors (Lipinski definition) is 1. The molecule has 1 saturated carbocycles. The lowest BCUT2D eigenvalue weighted by Crippen LogP contribution is -2.25. The fourth-order valence-electron chi connectivity index (χ4n) is 2.54. The van der Waals surface area contributed by atoms with Crippen LogP contribution in [-0.2, 0) is 6.42 Å². The van der Waals surface area contributed by atoms with Crippen LogP contribution in [0.5, 0.6) is 0 Å². The number of alkyl halides is 1. The summed E-state index contributed by atoms with van der Waals surface area (Å²) in [7, 11) is 0. The maximum absolute atomic E-state index is 4.23. The minimum Gasteiger partial charge on any atom is -0.263 e. The van der Waals surface area contributed by atoms with Crippen LogP contribution in [0.3, 0.4) is 0 Å². The van der Waals surface area contributed by atoms with Crippen LogP contribution in [0.25, 0.3) is 0 Å². The molecule has 16 heavy (non-hydrogen) atoms. The molecule has 1 aliphatic carbocycles. The van der Waals surface area contributed by atoms with E-state index < -0.39 is 0 Å². The minimum absolute atomic E-state index is 0.683. The Morgan fingerprint density at radius 2 is 2.19 bits per heavy atom. The van der Waals surface area contributed by atoms with Gasteiger partial charge in [-0.15, -0.1) is 0 Å². The highest BCUT2D eigenvalue weighted by Crippen LogP contribution is 2.35. The molecule has 1 heterocycles. The van der Waals surface area contributed by atoms with E-state index in [0.29, 0.717) is 4.83 Å². The number of pyridine rings is 1. The van der Waals surface area contributed by atoms with Gasteiger partial charge in [0.1, 0.15) is 0 Å². The van der Waals surface area contributed by atoms with Gasteiger partial charge in [0.05, 0.1) is 0 Å². The van der Waals surface area contributed by atoms with Crippen LogP contribution in [0, 0.1) is 11.8 Å². The van der Waals surface area contributed by atoms with Crippen LogP contribution in [0.2, 0.25) is 0 Å².